The van der Waals surface area contributed by atoms with Crippen molar-refractivity contribution in [3.8, 4) is 0 Å². The maximum absolute atomic E-state index is 13.5. The van der Waals surface area contributed by atoms with Gasteiger partial charge >= 0.3 is 0 Å². The van der Waals surface area contributed by atoms with Crippen LogP contribution < -0.4 is 4.31 Å². The van der Waals surface area contributed by atoms with Crippen LogP contribution in [0.15, 0.2) is 114 Å². The van der Waals surface area contributed by atoms with Crippen LogP contribution in [0.2, 0.25) is 5.02 Å². The van der Waals surface area contributed by atoms with E-state index in [0.29, 0.717) is 29.4 Å². The monoisotopic (exact) mass is 504 g/mol. The van der Waals surface area contributed by atoms with Crippen LogP contribution >= 0.6 is 11.6 Å². The molecule has 0 saturated carbocycles. The summed E-state index contributed by atoms with van der Waals surface area (Å²) in [5.74, 6) is -0.132. The van der Waals surface area contributed by atoms with Crippen molar-refractivity contribution >= 4 is 33.2 Å². The predicted molar refractivity (Wildman–Crippen MR) is 140 cm³/mol. The molecule has 0 spiro atoms. The second-order valence-electron chi connectivity index (χ2n) is 8.11. The summed E-state index contributed by atoms with van der Waals surface area (Å²) >= 11 is 5.89. The van der Waals surface area contributed by atoms with E-state index in [2.05, 4.69) is 0 Å². The van der Waals surface area contributed by atoms with Gasteiger partial charge in [-0.05, 0) is 59.7 Å². The van der Waals surface area contributed by atoms with Crippen LogP contribution in [0.3, 0.4) is 0 Å². The zero-order valence-corrected chi connectivity index (χ0v) is 20.8. The molecule has 5 nitrogen and oxygen atoms in total. The highest BCUT2D eigenvalue weighted by atomic mass is 35.5. The minimum atomic E-state index is -3.76. The highest BCUT2D eigenvalue weighted by Crippen LogP contribution is 2.24. The first-order chi connectivity index (χ1) is 16.8. The summed E-state index contributed by atoms with van der Waals surface area (Å²) in [7, 11) is -2.28. The summed E-state index contributed by atoms with van der Waals surface area (Å²) in [5, 5.41) is 0.463. The van der Waals surface area contributed by atoms with Gasteiger partial charge in [-0.15, -0.1) is 0 Å². The lowest BCUT2D eigenvalue weighted by Gasteiger charge is -2.24. The SMILES string of the molecule is CN(c1ccc(C(=O)N(Cc2ccccc2)Cc2ccccc2)cc1)S(=O)(=O)c1ccc(Cl)cc1. The molecule has 0 saturated heterocycles. The van der Waals surface area contributed by atoms with Gasteiger partial charge in [0.05, 0.1) is 10.6 Å². The average Bonchev–Trinajstić information content (AvgIpc) is 2.89. The van der Waals surface area contributed by atoms with E-state index < -0.39 is 10.0 Å². The molecule has 1 amide bonds. The number of carbonyl (C=O) groups is 1. The normalized spacial score (nSPS) is 11.1. The summed E-state index contributed by atoms with van der Waals surface area (Å²) in [6.07, 6.45) is 0. The maximum Gasteiger partial charge on any atom is 0.264 e. The molecule has 4 aromatic rings. The summed E-state index contributed by atoms with van der Waals surface area (Å²) in [4.78, 5) is 15.4. The number of nitrogens with zero attached hydrogens (tertiary/aromatic N) is 2. The molecule has 0 aliphatic heterocycles. The van der Waals surface area contributed by atoms with E-state index in [1.807, 2.05) is 60.7 Å². The number of hydrogen-bond donors (Lipinski definition) is 0. The Morgan fingerprint density at radius 1 is 0.714 bits per heavy atom. The van der Waals surface area contributed by atoms with Gasteiger partial charge in [-0.3, -0.25) is 9.10 Å². The third-order valence-corrected chi connectivity index (χ3v) is 7.72. The first kappa shape index (κ1) is 24.5. The lowest BCUT2D eigenvalue weighted by Crippen LogP contribution is -2.30. The molecule has 4 rings (SSSR count). The molecule has 0 aliphatic rings. The van der Waals surface area contributed by atoms with Crippen LogP contribution in [-0.2, 0) is 23.1 Å². The van der Waals surface area contributed by atoms with E-state index in [9.17, 15) is 13.2 Å². The van der Waals surface area contributed by atoms with Crippen molar-refractivity contribution < 1.29 is 13.2 Å². The van der Waals surface area contributed by atoms with Crippen LogP contribution in [0, 0.1) is 0 Å². The Kier molecular flexibility index (Phi) is 7.54. The fourth-order valence-corrected chi connectivity index (χ4v) is 5.03. The van der Waals surface area contributed by atoms with E-state index in [1.54, 1.807) is 29.2 Å². The van der Waals surface area contributed by atoms with Crippen molar-refractivity contribution in [1.82, 2.24) is 4.90 Å². The summed E-state index contributed by atoms with van der Waals surface area (Å²) in [5.41, 5.74) is 3.00. The number of hydrogen-bond acceptors (Lipinski definition) is 3. The van der Waals surface area contributed by atoms with E-state index >= 15 is 0 Å². The Morgan fingerprint density at radius 3 is 1.69 bits per heavy atom. The fraction of sp³-hybridized carbons (Fsp3) is 0.107. The van der Waals surface area contributed by atoms with Crippen molar-refractivity contribution in [2.45, 2.75) is 18.0 Å². The molecular weight excluding hydrogens is 480 g/mol. The summed E-state index contributed by atoms with van der Waals surface area (Å²) in [6.45, 7) is 0.919. The van der Waals surface area contributed by atoms with Crippen LogP contribution in [-0.4, -0.2) is 26.3 Å². The fourth-order valence-electron chi connectivity index (χ4n) is 3.71. The molecular formula is C28H25ClN2O3S. The van der Waals surface area contributed by atoms with Gasteiger partial charge in [0.2, 0.25) is 0 Å². The van der Waals surface area contributed by atoms with Crippen LogP contribution in [0.25, 0.3) is 0 Å². The topological polar surface area (TPSA) is 57.7 Å². The summed E-state index contributed by atoms with van der Waals surface area (Å²) in [6, 6.07) is 32.3. The number of anilines is 1. The Morgan fingerprint density at radius 2 is 1.20 bits per heavy atom. The lowest BCUT2D eigenvalue weighted by molar-refractivity contribution is 0.0730. The molecule has 4 aromatic carbocycles. The van der Waals surface area contributed by atoms with E-state index in [0.717, 1.165) is 11.1 Å². The Labute approximate surface area is 211 Å². The van der Waals surface area contributed by atoms with Crippen molar-refractivity contribution in [3.63, 3.8) is 0 Å². The molecule has 0 aliphatic carbocycles. The van der Waals surface area contributed by atoms with Gasteiger partial charge in [-0.2, -0.15) is 0 Å². The molecule has 0 unspecified atom stereocenters. The lowest BCUT2D eigenvalue weighted by atomic mass is 10.1. The zero-order chi connectivity index (χ0) is 24.8. The van der Waals surface area contributed by atoms with Crippen LogP contribution in [0.5, 0.6) is 0 Å². The molecule has 0 fully saturated rings. The summed E-state index contributed by atoms with van der Waals surface area (Å²) < 4.78 is 27.2. The van der Waals surface area contributed by atoms with Gasteiger partial charge in [0.25, 0.3) is 15.9 Å². The van der Waals surface area contributed by atoms with Crippen molar-refractivity contribution in [3.05, 3.63) is 131 Å². The molecule has 0 radical (unpaired) electrons. The standard InChI is InChI=1S/C28H25ClN2O3S/c1-30(35(33,34)27-18-14-25(29)15-19-27)26-16-12-24(13-17-26)28(32)31(20-22-8-4-2-5-9-22)21-23-10-6-3-7-11-23/h2-19H,20-21H2,1H3. The molecule has 0 atom stereocenters. The van der Waals surface area contributed by atoms with Crippen LogP contribution in [0.4, 0.5) is 5.69 Å². The maximum atomic E-state index is 13.5. The zero-order valence-electron chi connectivity index (χ0n) is 19.2. The van der Waals surface area contributed by atoms with Gasteiger partial charge in [0, 0.05) is 30.7 Å². The van der Waals surface area contributed by atoms with Crippen molar-refractivity contribution in [1.29, 1.82) is 0 Å². The van der Waals surface area contributed by atoms with Gasteiger partial charge < -0.3 is 4.90 Å². The van der Waals surface area contributed by atoms with Gasteiger partial charge in [-0.25, -0.2) is 8.42 Å². The number of halogens is 1. The molecule has 0 N–H and O–H groups in total. The predicted octanol–water partition coefficient (Wildman–Crippen LogP) is 6.01. The Hall–Kier alpha value is -3.61. The Balaban J connectivity index is 1.56. The van der Waals surface area contributed by atoms with Gasteiger partial charge in [0.15, 0.2) is 0 Å². The molecule has 0 aromatic heterocycles. The third kappa shape index (κ3) is 5.91. The van der Waals surface area contributed by atoms with E-state index in [1.165, 1.54) is 35.6 Å². The first-order valence-corrected chi connectivity index (χ1v) is 12.9. The Bertz CT molecular complexity index is 1330. The third-order valence-electron chi connectivity index (χ3n) is 5.67. The number of carbonyl (C=O) groups excluding carboxylic acids is 1. The number of benzene rings is 4. The van der Waals surface area contributed by atoms with E-state index in [-0.39, 0.29) is 10.8 Å². The average molecular weight is 505 g/mol. The first-order valence-electron chi connectivity index (χ1n) is 11.1. The smallest absolute Gasteiger partial charge is 0.264 e. The molecule has 7 heteroatoms. The van der Waals surface area contributed by atoms with Crippen LogP contribution in [0.1, 0.15) is 21.5 Å². The van der Waals surface area contributed by atoms with E-state index in [4.69, 9.17) is 11.6 Å². The van der Waals surface area contributed by atoms with Crippen molar-refractivity contribution in [2.24, 2.45) is 0 Å². The minimum absolute atomic E-state index is 0.132. The van der Waals surface area contributed by atoms with Gasteiger partial charge in [0.1, 0.15) is 0 Å². The largest absolute Gasteiger partial charge is 0.330 e. The molecule has 0 bridgehead atoms. The second-order valence-corrected chi connectivity index (χ2v) is 10.5. The molecule has 35 heavy (non-hydrogen) atoms. The number of rotatable bonds is 8. The molecule has 178 valence electrons. The second kappa shape index (κ2) is 10.8. The number of sulfonamides is 1. The minimum Gasteiger partial charge on any atom is -0.330 e. The molecule has 0 heterocycles. The highest BCUT2D eigenvalue weighted by molar-refractivity contribution is 7.92. The highest BCUT2D eigenvalue weighted by Gasteiger charge is 2.22. The number of amides is 1. The quantitative estimate of drug-likeness (QED) is 0.295. The van der Waals surface area contributed by atoms with Gasteiger partial charge in [-0.1, -0.05) is 72.3 Å². The van der Waals surface area contributed by atoms with Crippen molar-refractivity contribution in [2.75, 3.05) is 11.4 Å².